The molecule has 158 valence electrons. The standard InChI is InChI=1S/C23H21N3O5/c1-15-5-3-6-18(13-15)31-17-10-8-16(9-11-17)24-20(27)14-26-21(28)23(2,25-22(26)29)19-7-4-12-30-19/h3-13H,14H2,1-2H3,(H,24,27)(H,25,29). The summed E-state index contributed by atoms with van der Waals surface area (Å²) in [5.74, 6) is 0.587. The third-order valence-electron chi connectivity index (χ3n) is 4.95. The van der Waals surface area contributed by atoms with E-state index in [9.17, 15) is 14.4 Å². The van der Waals surface area contributed by atoms with Crippen molar-refractivity contribution in [2.24, 2.45) is 0 Å². The molecule has 0 aliphatic carbocycles. The normalized spacial score (nSPS) is 18.1. The van der Waals surface area contributed by atoms with Gasteiger partial charge in [-0.05, 0) is 67.9 Å². The molecule has 0 saturated carbocycles. The molecule has 2 heterocycles. The molecule has 2 N–H and O–H groups in total. The summed E-state index contributed by atoms with van der Waals surface area (Å²) in [6.45, 7) is 3.10. The molecular weight excluding hydrogens is 398 g/mol. The Bertz CT molecular complexity index is 1120. The highest BCUT2D eigenvalue weighted by atomic mass is 16.5. The quantitative estimate of drug-likeness (QED) is 0.592. The summed E-state index contributed by atoms with van der Waals surface area (Å²) < 4.78 is 11.1. The van der Waals surface area contributed by atoms with Gasteiger partial charge in [0.1, 0.15) is 23.8 Å². The molecule has 1 aromatic heterocycles. The number of nitrogens with zero attached hydrogens (tertiary/aromatic N) is 1. The smallest absolute Gasteiger partial charge is 0.325 e. The van der Waals surface area contributed by atoms with Crippen LogP contribution in [0, 0.1) is 6.92 Å². The van der Waals surface area contributed by atoms with E-state index in [2.05, 4.69) is 10.6 Å². The zero-order chi connectivity index (χ0) is 22.0. The first kappa shape index (κ1) is 20.2. The number of aryl methyl sites for hydroxylation is 1. The van der Waals surface area contributed by atoms with Gasteiger partial charge >= 0.3 is 6.03 Å². The number of furan rings is 1. The minimum atomic E-state index is -1.34. The predicted molar refractivity (Wildman–Crippen MR) is 113 cm³/mol. The number of nitrogens with one attached hydrogen (secondary N) is 2. The average Bonchev–Trinajstić information content (AvgIpc) is 3.34. The van der Waals surface area contributed by atoms with Gasteiger partial charge in [-0.3, -0.25) is 14.5 Å². The lowest BCUT2D eigenvalue weighted by Gasteiger charge is -2.18. The minimum Gasteiger partial charge on any atom is -0.466 e. The summed E-state index contributed by atoms with van der Waals surface area (Å²) in [4.78, 5) is 38.3. The van der Waals surface area contributed by atoms with Crippen LogP contribution in [0.4, 0.5) is 10.5 Å². The van der Waals surface area contributed by atoms with Crippen LogP contribution in [0.1, 0.15) is 18.2 Å². The largest absolute Gasteiger partial charge is 0.466 e. The molecule has 1 aliphatic rings. The number of hydrogen-bond donors (Lipinski definition) is 2. The highest BCUT2D eigenvalue weighted by Crippen LogP contribution is 2.29. The molecule has 0 bridgehead atoms. The van der Waals surface area contributed by atoms with Gasteiger partial charge in [-0.15, -0.1) is 0 Å². The van der Waals surface area contributed by atoms with Gasteiger partial charge in [0, 0.05) is 5.69 Å². The summed E-state index contributed by atoms with van der Waals surface area (Å²) in [6, 6.07) is 17.1. The Labute approximate surface area is 178 Å². The van der Waals surface area contributed by atoms with Gasteiger partial charge in [0.2, 0.25) is 5.91 Å². The minimum absolute atomic E-state index is 0.304. The van der Waals surface area contributed by atoms with Gasteiger partial charge in [0.05, 0.1) is 6.26 Å². The highest BCUT2D eigenvalue weighted by molar-refractivity contribution is 6.10. The molecule has 1 unspecified atom stereocenters. The van der Waals surface area contributed by atoms with E-state index in [-0.39, 0.29) is 0 Å². The molecular formula is C23H21N3O5. The van der Waals surface area contributed by atoms with Gasteiger partial charge < -0.3 is 19.8 Å². The zero-order valence-electron chi connectivity index (χ0n) is 17.0. The molecule has 0 spiro atoms. The van der Waals surface area contributed by atoms with E-state index in [4.69, 9.17) is 9.15 Å². The van der Waals surface area contributed by atoms with Crippen LogP contribution < -0.4 is 15.4 Å². The van der Waals surface area contributed by atoms with Crippen LogP contribution in [-0.4, -0.2) is 29.3 Å². The number of ether oxygens (including phenoxy) is 1. The first-order chi connectivity index (χ1) is 14.8. The number of urea groups is 1. The molecule has 3 aromatic rings. The van der Waals surface area contributed by atoms with E-state index >= 15 is 0 Å². The Morgan fingerprint density at radius 1 is 1.10 bits per heavy atom. The molecule has 31 heavy (non-hydrogen) atoms. The Hall–Kier alpha value is -4.07. The fourth-order valence-corrected chi connectivity index (χ4v) is 3.34. The fourth-order valence-electron chi connectivity index (χ4n) is 3.34. The van der Waals surface area contributed by atoms with Gasteiger partial charge in [-0.2, -0.15) is 0 Å². The van der Waals surface area contributed by atoms with Gasteiger partial charge in [0.15, 0.2) is 5.54 Å². The van der Waals surface area contributed by atoms with Crippen LogP contribution in [-0.2, 0) is 15.1 Å². The van der Waals surface area contributed by atoms with Crippen molar-refractivity contribution in [3.8, 4) is 11.5 Å². The monoisotopic (exact) mass is 419 g/mol. The van der Waals surface area contributed by atoms with Crippen LogP contribution >= 0.6 is 0 Å². The fraction of sp³-hybridized carbons (Fsp3) is 0.174. The molecule has 8 nitrogen and oxygen atoms in total. The maximum atomic E-state index is 12.8. The molecule has 2 aromatic carbocycles. The maximum absolute atomic E-state index is 12.8. The molecule has 1 aliphatic heterocycles. The molecule has 1 saturated heterocycles. The van der Waals surface area contributed by atoms with Crippen molar-refractivity contribution in [1.29, 1.82) is 0 Å². The lowest BCUT2D eigenvalue weighted by atomic mass is 9.99. The topological polar surface area (TPSA) is 101 Å². The summed E-state index contributed by atoms with van der Waals surface area (Å²) >= 11 is 0. The van der Waals surface area contributed by atoms with Crippen molar-refractivity contribution in [1.82, 2.24) is 10.2 Å². The Kier molecular flexibility index (Phi) is 5.21. The van der Waals surface area contributed by atoms with E-state index in [0.717, 1.165) is 16.2 Å². The van der Waals surface area contributed by atoms with E-state index < -0.39 is 29.9 Å². The average molecular weight is 419 g/mol. The Balaban J connectivity index is 1.37. The van der Waals surface area contributed by atoms with Gasteiger partial charge in [-0.25, -0.2) is 4.79 Å². The summed E-state index contributed by atoms with van der Waals surface area (Å²) in [6.07, 6.45) is 1.42. The third kappa shape index (κ3) is 4.13. The number of amides is 4. The SMILES string of the molecule is Cc1cccc(Oc2ccc(NC(=O)CN3C(=O)NC(C)(c4ccco4)C3=O)cc2)c1. The Morgan fingerprint density at radius 3 is 2.55 bits per heavy atom. The van der Waals surface area contributed by atoms with Crippen molar-refractivity contribution in [3.05, 3.63) is 78.3 Å². The lowest BCUT2D eigenvalue weighted by molar-refractivity contribution is -0.134. The lowest BCUT2D eigenvalue weighted by Crippen LogP contribution is -2.41. The molecule has 8 heteroatoms. The van der Waals surface area contributed by atoms with E-state index in [1.54, 1.807) is 36.4 Å². The molecule has 4 rings (SSSR count). The van der Waals surface area contributed by atoms with Crippen molar-refractivity contribution in [2.45, 2.75) is 19.4 Å². The van der Waals surface area contributed by atoms with Crippen molar-refractivity contribution in [2.75, 3.05) is 11.9 Å². The van der Waals surface area contributed by atoms with Crippen molar-refractivity contribution in [3.63, 3.8) is 0 Å². The van der Waals surface area contributed by atoms with Crippen molar-refractivity contribution < 1.29 is 23.5 Å². The molecule has 0 radical (unpaired) electrons. The van der Waals surface area contributed by atoms with Gasteiger partial charge in [-0.1, -0.05) is 12.1 Å². The van der Waals surface area contributed by atoms with Crippen LogP contribution in [0.5, 0.6) is 11.5 Å². The summed E-state index contributed by atoms with van der Waals surface area (Å²) in [5, 5.41) is 5.26. The van der Waals surface area contributed by atoms with Crippen LogP contribution in [0.3, 0.4) is 0 Å². The number of carbonyl (C=O) groups is 3. The van der Waals surface area contributed by atoms with Crippen molar-refractivity contribution >= 4 is 23.5 Å². The van der Waals surface area contributed by atoms with Crippen LogP contribution in [0.15, 0.2) is 71.3 Å². The third-order valence-corrected chi connectivity index (χ3v) is 4.95. The first-order valence-electron chi connectivity index (χ1n) is 9.68. The number of hydrogen-bond acceptors (Lipinski definition) is 5. The van der Waals surface area contributed by atoms with E-state index in [1.807, 2.05) is 31.2 Å². The number of benzene rings is 2. The number of imide groups is 1. The molecule has 4 amide bonds. The van der Waals surface area contributed by atoms with Gasteiger partial charge in [0.25, 0.3) is 5.91 Å². The molecule has 1 atom stereocenters. The maximum Gasteiger partial charge on any atom is 0.325 e. The Morgan fingerprint density at radius 2 is 1.87 bits per heavy atom. The predicted octanol–water partition coefficient (Wildman–Crippen LogP) is 3.79. The van der Waals surface area contributed by atoms with E-state index in [0.29, 0.717) is 17.2 Å². The van der Waals surface area contributed by atoms with Crippen LogP contribution in [0.2, 0.25) is 0 Å². The summed E-state index contributed by atoms with van der Waals surface area (Å²) in [7, 11) is 0. The second-order valence-electron chi connectivity index (χ2n) is 7.41. The second-order valence-corrected chi connectivity index (χ2v) is 7.41. The number of rotatable bonds is 6. The second kappa shape index (κ2) is 7.98. The van der Waals surface area contributed by atoms with Crippen LogP contribution in [0.25, 0.3) is 0 Å². The zero-order valence-corrected chi connectivity index (χ0v) is 17.0. The molecule has 1 fully saturated rings. The number of carbonyl (C=O) groups excluding carboxylic acids is 3. The van der Waals surface area contributed by atoms with E-state index in [1.165, 1.54) is 13.2 Å². The highest BCUT2D eigenvalue weighted by Gasteiger charge is 2.51. The number of anilines is 1. The first-order valence-corrected chi connectivity index (χ1v) is 9.68. The summed E-state index contributed by atoms with van der Waals surface area (Å²) in [5.41, 5.74) is 0.266.